The van der Waals surface area contributed by atoms with Gasteiger partial charge >= 0.3 is 0 Å². The van der Waals surface area contributed by atoms with Crippen LogP contribution in [-0.2, 0) is 7.05 Å². The fourth-order valence-electron chi connectivity index (χ4n) is 3.31. The lowest BCUT2D eigenvalue weighted by Crippen LogP contribution is -2.43. The summed E-state index contributed by atoms with van der Waals surface area (Å²) in [5, 5.41) is 15.0. The minimum atomic E-state index is -0.232. The van der Waals surface area contributed by atoms with Gasteiger partial charge in [-0.05, 0) is 12.0 Å². The molecule has 1 fully saturated rings. The highest BCUT2D eigenvalue weighted by Gasteiger charge is 2.20. The Morgan fingerprint density at radius 3 is 2.81 bits per heavy atom. The molecule has 1 aliphatic rings. The second kappa shape index (κ2) is 6.99. The van der Waals surface area contributed by atoms with E-state index >= 15 is 0 Å². The zero-order chi connectivity index (χ0) is 19.0. The molecule has 9 nitrogen and oxygen atoms in total. The number of carbonyl (C=O) groups excluding carboxylic acids is 1. The smallest absolute Gasteiger partial charge is 0.261 e. The van der Waals surface area contributed by atoms with Crippen LogP contribution in [0.25, 0.3) is 5.65 Å². The van der Waals surface area contributed by atoms with E-state index in [1.165, 1.54) is 0 Å². The summed E-state index contributed by atoms with van der Waals surface area (Å²) in [5.74, 6) is 0.843. The van der Waals surface area contributed by atoms with Gasteiger partial charge in [0.15, 0.2) is 5.65 Å². The zero-order valence-corrected chi connectivity index (χ0v) is 15.8. The topological polar surface area (TPSA) is 92.4 Å². The normalized spacial score (nSPS) is 14.9. The van der Waals surface area contributed by atoms with E-state index in [9.17, 15) is 4.79 Å². The fourth-order valence-corrected chi connectivity index (χ4v) is 3.31. The molecule has 3 aromatic heterocycles. The van der Waals surface area contributed by atoms with Gasteiger partial charge < -0.3 is 15.5 Å². The zero-order valence-electron chi connectivity index (χ0n) is 15.8. The van der Waals surface area contributed by atoms with E-state index in [2.05, 4.69) is 39.6 Å². The van der Waals surface area contributed by atoms with Crippen LogP contribution in [0.5, 0.6) is 0 Å². The van der Waals surface area contributed by atoms with Crippen LogP contribution in [0.4, 0.5) is 11.5 Å². The Morgan fingerprint density at radius 2 is 2.07 bits per heavy atom. The van der Waals surface area contributed by atoms with Gasteiger partial charge in [0, 0.05) is 45.6 Å². The summed E-state index contributed by atoms with van der Waals surface area (Å²) in [6.07, 6.45) is 5.23. The molecule has 0 radical (unpaired) electrons. The maximum Gasteiger partial charge on any atom is 0.261 e. The number of rotatable bonds is 4. The third-order valence-electron chi connectivity index (χ3n) is 4.69. The SMILES string of the molecule is CC(C)c1nn(C)cc1NC(=O)c1cnn2ccc(N3CCNCC3)nc12. The molecule has 142 valence electrons. The molecule has 27 heavy (non-hydrogen) atoms. The van der Waals surface area contributed by atoms with Gasteiger partial charge in [-0.15, -0.1) is 0 Å². The van der Waals surface area contributed by atoms with Gasteiger partial charge in [0.05, 0.1) is 17.6 Å². The summed E-state index contributed by atoms with van der Waals surface area (Å²) in [6, 6.07) is 1.94. The molecule has 0 aromatic carbocycles. The molecular weight excluding hydrogens is 344 g/mol. The predicted octanol–water partition coefficient (Wildman–Crippen LogP) is 1.25. The van der Waals surface area contributed by atoms with Crippen LogP contribution < -0.4 is 15.5 Å². The van der Waals surface area contributed by atoms with Crippen LogP contribution in [-0.4, -0.2) is 56.5 Å². The number of anilines is 2. The Balaban J connectivity index is 1.64. The lowest BCUT2D eigenvalue weighted by atomic mass is 10.1. The highest BCUT2D eigenvalue weighted by atomic mass is 16.1. The quantitative estimate of drug-likeness (QED) is 0.720. The van der Waals surface area contributed by atoms with Crippen molar-refractivity contribution in [2.75, 3.05) is 36.4 Å². The molecule has 3 aromatic rings. The molecule has 0 bridgehead atoms. The first-order valence-corrected chi connectivity index (χ1v) is 9.18. The summed E-state index contributed by atoms with van der Waals surface area (Å²) >= 11 is 0. The standard InChI is InChI=1S/C18H24N8O/c1-12(2)16-14(11-24(3)23-16)21-18(27)13-10-20-26-7-4-15(22-17(13)26)25-8-5-19-6-9-25/h4,7,10-12,19H,5-6,8-9H2,1-3H3,(H,21,27). The number of carbonyl (C=O) groups is 1. The number of piperazine rings is 1. The Kier molecular flexibility index (Phi) is 4.53. The highest BCUT2D eigenvalue weighted by Crippen LogP contribution is 2.23. The van der Waals surface area contributed by atoms with Crippen molar-refractivity contribution >= 4 is 23.1 Å². The summed E-state index contributed by atoms with van der Waals surface area (Å²) in [6.45, 7) is 7.75. The van der Waals surface area contributed by atoms with Gasteiger partial charge in [0.2, 0.25) is 0 Å². The third kappa shape index (κ3) is 3.37. The molecule has 2 N–H and O–H groups in total. The maximum atomic E-state index is 12.9. The molecule has 0 saturated carbocycles. The van der Waals surface area contributed by atoms with Crippen molar-refractivity contribution in [2.24, 2.45) is 7.05 Å². The molecule has 9 heteroatoms. The van der Waals surface area contributed by atoms with E-state index in [4.69, 9.17) is 4.98 Å². The number of hydrogen-bond donors (Lipinski definition) is 2. The summed E-state index contributed by atoms with van der Waals surface area (Å²) in [5.41, 5.74) is 2.58. The van der Waals surface area contributed by atoms with E-state index in [1.807, 2.05) is 25.5 Å². The molecular formula is C18H24N8O. The van der Waals surface area contributed by atoms with E-state index in [1.54, 1.807) is 15.4 Å². The van der Waals surface area contributed by atoms with Gasteiger partial charge in [0.25, 0.3) is 5.91 Å². The number of nitrogens with zero attached hydrogens (tertiary/aromatic N) is 6. The lowest BCUT2D eigenvalue weighted by Gasteiger charge is -2.28. The number of aryl methyl sites for hydroxylation is 1. The third-order valence-corrected chi connectivity index (χ3v) is 4.69. The Hall–Kier alpha value is -2.94. The first-order valence-electron chi connectivity index (χ1n) is 9.18. The van der Waals surface area contributed by atoms with Crippen molar-refractivity contribution < 1.29 is 4.79 Å². The molecule has 4 heterocycles. The lowest BCUT2D eigenvalue weighted by molar-refractivity contribution is 0.102. The second-order valence-electron chi connectivity index (χ2n) is 7.06. The summed E-state index contributed by atoms with van der Waals surface area (Å²) in [4.78, 5) is 19.8. The molecule has 1 saturated heterocycles. The Morgan fingerprint density at radius 1 is 1.30 bits per heavy atom. The van der Waals surface area contributed by atoms with Gasteiger partial charge in [-0.2, -0.15) is 10.2 Å². The first kappa shape index (κ1) is 17.5. The van der Waals surface area contributed by atoms with E-state index in [-0.39, 0.29) is 11.8 Å². The van der Waals surface area contributed by atoms with Crippen molar-refractivity contribution in [3.63, 3.8) is 0 Å². The Bertz CT molecular complexity index is 967. The molecule has 0 atom stereocenters. The van der Waals surface area contributed by atoms with Crippen LogP contribution in [0.2, 0.25) is 0 Å². The van der Waals surface area contributed by atoms with Crippen LogP contribution in [0.1, 0.15) is 35.8 Å². The number of nitrogens with one attached hydrogen (secondary N) is 2. The van der Waals surface area contributed by atoms with Crippen molar-refractivity contribution in [3.05, 3.63) is 35.9 Å². The molecule has 1 amide bonds. The fraction of sp³-hybridized carbons (Fsp3) is 0.444. The van der Waals surface area contributed by atoms with E-state index in [0.717, 1.165) is 43.4 Å². The van der Waals surface area contributed by atoms with Crippen molar-refractivity contribution in [2.45, 2.75) is 19.8 Å². The van der Waals surface area contributed by atoms with Gasteiger partial charge in [-0.1, -0.05) is 13.8 Å². The summed E-state index contributed by atoms with van der Waals surface area (Å²) in [7, 11) is 1.85. The highest BCUT2D eigenvalue weighted by molar-refractivity contribution is 6.08. The summed E-state index contributed by atoms with van der Waals surface area (Å²) < 4.78 is 3.34. The first-order chi connectivity index (χ1) is 13.0. The van der Waals surface area contributed by atoms with Crippen LogP contribution >= 0.6 is 0 Å². The molecule has 0 spiro atoms. The van der Waals surface area contributed by atoms with Crippen LogP contribution in [0, 0.1) is 0 Å². The van der Waals surface area contributed by atoms with E-state index in [0.29, 0.717) is 11.2 Å². The van der Waals surface area contributed by atoms with Gasteiger partial charge in [0.1, 0.15) is 11.4 Å². The van der Waals surface area contributed by atoms with Crippen LogP contribution in [0.3, 0.4) is 0 Å². The number of fused-ring (bicyclic) bond motifs is 1. The average Bonchev–Trinajstić information content (AvgIpc) is 3.25. The Labute approximate surface area is 157 Å². The monoisotopic (exact) mass is 368 g/mol. The van der Waals surface area contributed by atoms with Crippen molar-refractivity contribution in [1.29, 1.82) is 0 Å². The molecule has 1 aliphatic heterocycles. The number of aromatic nitrogens is 5. The number of amides is 1. The van der Waals surface area contributed by atoms with Crippen molar-refractivity contribution in [1.82, 2.24) is 29.7 Å². The minimum absolute atomic E-state index is 0.211. The molecule has 4 rings (SSSR count). The number of hydrogen-bond acceptors (Lipinski definition) is 6. The maximum absolute atomic E-state index is 12.9. The van der Waals surface area contributed by atoms with Crippen LogP contribution in [0.15, 0.2) is 24.7 Å². The predicted molar refractivity (Wildman–Crippen MR) is 103 cm³/mol. The van der Waals surface area contributed by atoms with E-state index < -0.39 is 0 Å². The largest absolute Gasteiger partial charge is 0.354 e. The minimum Gasteiger partial charge on any atom is -0.354 e. The average molecular weight is 368 g/mol. The second-order valence-corrected chi connectivity index (χ2v) is 7.06. The van der Waals surface area contributed by atoms with Gasteiger partial charge in [-0.3, -0.25) is 9.48 Å². The molecule has 0 unspecified atom stereocenters. The van der Waals surface area contributed by atoms with Gasteiger partial charge in [-0.25, -0.2) is 9.50 Å². The van der Waals surface area contributed by atoms with Crippen molar-refractivity contribution in [3.8, 4) is 0 Å². The molecule has 0 aliphatic carbocycles.